The zero-order valence-electron chi connectivity index (χ0n) is 13.1. The van der Waals surface area contributed by atoms with Crippen LogP contribution in [0, 0.1) is 6.92 Å². The number of nitrogens with zero attached hydrogens (tertiary/aromatic N) is 4. The van der Waals surface area contributed by atoms with Crippen LogP contribution in [-0.4, -0.2) is 25.7 Å². The summed E-state index contributed by atoms with van der Waals surface area (Å²) < 4.78 is 8.03. The van der Waals surface area contributed by atoms with E-state index in [0.717, 1.165) is 41.1 Å². The molecule has 1 fully saturated rings. The molecule has 3 heterocycles. The van der Waals surface area contributed by atoms with Crippen molar-refractivity contribution in [3.63, 3.8) is 0 Å². The zero-order chi connectivity index (χ0) is 15.9. The van der Waals surface area contributed by atoms with Crippen LogP contribution in [0.1, 0.15) is 36.0 Å². The first-order valence-electron chi connectivity index (χ1n) is 7.40. The van der Waals surface area contributed by atoms with Gasteiger partial charge in [0.25, 0.3) is 5.56 Å². The summed E-state index contributed by atoms with van der Waals surface area (Å²) in [7, 11) is 3.19. The van der Waals surface area contributed by atoms with Crippen molar-refractivity contribution in [3.05, 3.63) is 50.1 Å². The highest BCUT2D eigenvalue weighted by Gasteiger charge is 2.29. The summed E-state index contributed by atoms with van der Waals surface area (Å²) in [4.78, 5) is 26.1. The molecule has 1 atom stereocenters. The number of likely N-dealkylation sites (tertiary alicyclic amines) is 1. The third-order valence-electron chi connectivity index (χ3n) is 4.33. The van der Waals surface area contributed by atoms with Crippen LogP contribution in [0.3, 0.4) is 0 Å². The molecule has 0 saturated carbocycles. The van der Waals surface area contributed by atoms with E-state index in [-0.39, 0.29) is 17.3 Å². The normalized spacial score (nSPS) is 19.0. The van der Waals surface area contributed by atoms with E-state index in [1.807, 2.05) is 13.0 Å². The van der Waals surface area contributed by atoms with Crippen LogP contribution in [-0.2, 0) is 20.6 Å². The number of rotatable bonds is 3. The molecule has 0 radical (unpaired) electrons. The first-order chi connectivity index (χ1) is 10.5. The van der Waals surface area contributed by atoms with E-state index < -0.39 is 0 Å². The van der Waals surface area contributed by atoms with Gasteiger partial charge in [0.05, 0.1) is 11.7 Å². The van der Waals surface area contributed by atoms with E-state index in [2.05, 4.69) is 10.1 Å². The Morgan fingerprint density at radius 3 is 2.73 bits per heavy atom. The van der Waals surface area contributed by atoms with Gasteiger partial charge in [-0.3, -0.25) is 18.8 Å². The molecule has 118 valence electrons. The molecular weight excluding hydrogens is 284 g/mol. The molecule has 0 amide bonds. The van der Waals surface area contributed by atoms with Gasteiger partial charge in [0.2, 0.25) is 0 Å². The minimum Gasteiger partial charge on any atom is -0.359 e. The molecule has 7 heteroatoms. The van der Waals surface area contributed by atoms with Gasteiger partial charge in [-0.2, -0.15) is 0 Å². The third-order valence-corrected chi connectivity index (χ3v) is 4.33. The Hall–Kier alpha value is -2.15. The Morgan fingerprint density at radius 1 is 1.27 bits per heavy atom. The van der Waals surface area contributed by atoms with Gasteiger partial charge >= 0.3 is 5.69 Å². The summed E-state index contributed by atoms with van der Waals surface area (Å²) in [5, 5.41) is 3.95. The van der Waals surface area contributed by atoms with Crippen LogP contribution in [0.2, 0.25) is 0 Å². The van der Waals surface area contributed by atoms with Gasteiger partial charge in [0, 0.05) is 38.5 Å². The number of hydrogen-bond acceptors (Lipinski definition) is 5. The van der Waals surface area contributed by atoms with Gasteiger partial charge in [-0.05, 0) is 26.3 Å². The number of aromatic nitrogens is 3. The second-order valence-electron chi connectivity index (χ2n) is 5.87. The zero-order valence-corrected chi connectivity index (χ0v) is 13.1. The molecule has 1 aliphatic rings. The summed E-state index contributed by atoms with van der Waals surface area (Å²) >= 11 is 0. The Bertz CT molecular complexity index is 802. The maximum absolute atomic E-state index is 12.0. The molecule has 0 aromatic carbocycles. The highest BCUT2D eigenvalue weighted by Crippen LogP contribution is 2.33. The van der Waals surface area contributed by atoms with Crippen LogP contribution in [0.5, 0.6) is 0 Å². The highest BCUT2D eigenvalue weighted by molar-refractivity contribution is 5.11. The van der Waals surface area contributed by atoms with Gasteiger partial charge < -0.3 is 4.52 Å². The molecule has 0 aliphatic carbocycles. The summed E-state index contributed by atoms with van der Waals surface area (Å²) in [6, 6.07) is 3.63. The number of aryl methyl sites for hydroxylation is 1. The molecule has 2 aromatic rings. The van der Waals surface area contributed by atoms with Crippen molar-refractivity contribution in [1.29, 1.82) is 0 Å². The van der Waals surface area contributed by atoms with Gasteiger partial charge in [-0.1, -0.05) is 5.16 Å². The van der Waals surface area contributed by atoms with E-state index in [1.165, 1.54) is 17.7 Å². The molecule has 0 spiro atoms. The summed E-state index contributed by atoms with van der Waals surface area (Å²) in [6.45, 7) is 3.36. The fourth-order valence-electron chi connectivity index (χ4n) is 3.02. The largest absolute Gasteiger partial charge is 0.359 e. The monoisotopic (exact) mass is 304 g/mol. The first kappa shape index (κ1) is 14.8. The van der Waals surface area contributed by atoms with Gasteiger partial charge in [0.15, 0.2) is 5.76 Å². The van der Waals surface area contributed by atoms with Gasteiger partial charge in [-0.15, -0.1) is 0 Å². The van der Waals surface area contributed by atoms with Crippen LogP contribution < -0.4 is 11.2 Å². The third kappa shape index (κ3) is 2.52. The Balaban J connectivity index is 1.90. The molecule has 0 unspecified atom stereocenters. The van der Waals surface area contributed by atoms with Crippen molar-refractivity contribution < 1.29 is 4.52 Å². The molecular formula is C15H20N4O3. The SMILES string of the molecule is Cc1cc([C@H]2CCCN2Cc2cc(=O)n(C)c(=O)n2C)on1. The quantitative estimate of drug-likeness (QED) is 0.835. The van der Waals surface area contributed by atoms with E-state index in [1.54, 1.807) is 7.05 Å². The summed E-state index contributed by atoms with van der Waals surface area (Å²) in [5.41, 5.74) is 1.01. The van der Waals surface area contributed by atoms with Gasteiger partial charge in [0.1, 0.15) is 0 Å². The van der Waals surface area contributed by atoms with Crippen molar-refractivity contribution in [3.8, 4) is 0 Å². The smallest absolute Gasteiger partial charge is 0.330 e. The lowest BCUT2D eigenvalue weighted by molar-refractivity contribution is 0.202. The van der Waals surface area contributed by atoms with Crippen molar-refractivity contribution >= 4 is 0 Å². The van der Waals surface area contributed by atoms with E-state index in [4.69, 9.17) is 4.52 Å². The Morgan fingerprint density at radius 2 is 2.05 bits per heavy atom. The molecule has 0 bridgehead atoms. The second kappa shape index (κ2) is 5.57. The maximum Gasteiger partial charge on any atom is 0.330 e. The van der Waals surface area contributed by atoms with Crippen molar-refractivity contribution in [2.75, 3.05) is 6.54 Å². The predicted octanol–water partition coefficient (Wildman–Crippen LogP) is 0.718. The van der Waals surface area contributed by atoms with E-state index in [9.17, 15) is 9.59 Å². The first-order valence-corrected chi connectivity index (χ1v) is 7.40. The average Bonchev–Trinajstić information content (AvgIpc) is 3.11. The lowest BCUT2D eigenvalue weighted by Crippen LogP contribution is -2.39. The lowest BCUT2D eigenvalue weighted by Gasteiger charge is -2.23. The fourth-order valence-corrected chi connectivity index (χ4v) is 3.02. The number of hydrogen-bond donors (Lipinski definition) is 0. The predicted molar refractivity (Wildman–Crippen MR) is 80.5 cm³/mol. The fraction of sp³-hybridized carbons (Fsp3) is 0.533. The molecule has 0 N–H and O–H groups in total. The second-order valence-corrected chi connectivity index (χ2v) is 5.87. The molecule has 3 rings (SSSR count). The summed E-state index contributed by atoms with van der Waals surface area (Å²) in [5.74, 6) is 0.851. The minimum absolute atomic E-state index is 0.153. The molecule has 1 aliphatic heterocycles. The van der Waals surface area contributed by atoms with Crippen LogP contribution >= 0.6 is 0 Å². The van der Waals surface area contributed by atoms with Crippen molar-refractivity contribution in [1.82, 2.24) is 19.2 Å². The van der Waals surface area contributed by atoms with Crippen molar-refractivity contribution in [2.24, 2.45) is 14.1 Å². The van der Waals surface area contributed by atoms with Crippen LogP contribution in [0.15, 0.2) is 26.2 Å². The van der Waals surface area contributed by atoms with Crippen LogP contribution in [0.4, 0.5) is 0 Å². The standard InChI is InChI=1S/C15H20N4O3/c1-10-7-13(22-16-10)12-5-4-6-19(12)9-11-8-14(20)18(3)15(21)17(11)2/h7-8,12H,4-6,9H2,1-3H3/t12-/m1/s1. The molecule has 2 aromatic heterocycles. The molecule has 1 saturated heterocycles. The van der Waals surface area contributed by atoms with E-state index in [0.29, 0.717) is 6.54 Å². The molecule has 7 nitrogen and oxygen atoms in total. The lowest BCUT2D eigenvalue weighted by atomic mass is 10.1. The van der Waals surface area contributed by atoms with Crippen LogP contribution in [0.25, 0.3) is 0 Å². The Labute approximate surface area is 127 Å². The minimum atomic E-state index is -0.297. The topological polar surface area (TPSA) is 73.3 Å². The molecule has 22 heavy (non-hydrogen) atoms. The summed E-state index contributed by atoms with van der Waals surface area (Å²) in [6.07, 6.45) is 2.05. The average molecular weight is 304 g/mol. The van der Waals surface area contributed by atoms with E-state index >= 15 is 0 Å². The Kier molecular flexibility index (Phi) is 3.74. The van der Waals surface area contributed by atoms with Crippen molar-refractivity contribution in [2.45, 2.75) is 32.4 Å². The van der Waals surface area contributed by atoms with Gasteiger partial charge in [-0.25, -0.2) is 4.79 Å². The highest BCUT2D eigenvalue weighted by atomic mass is 16.5. The maximum atomic E-state index is 12.0.